The number of amides is 5. The Morgan fingerprint density at radius 3 is 1.59 bits per heavy atom. The normalized spacial score (nSPS) is 17.3. The maximum atomic E-state index is 13.4. The second-order valence-electron chi connectivity index (χ2n) is 15.9. The molecule has 0 radical (unpaired) electrons. The number of fused-ring (bicyclic) bond motifs is 4. The maximum Gasteiger partial charge on any atom is 0.410 e. The van der Waals surface area contributed by atoms with Crippen molar-refractivity contribution < 1.29 is 33.8 Å². The summed E-state index contributed by atoms with van der Waals surface area (Å²) in [5.74, 6) is -0.822. The number of rotatable bonds is 5. The van der Waals surface area contributed by atoms with Crippen LogP contribution in [-0.2, 0) is 27.5 Å². The Kier molecular flexibility index (Phi) is 14.4. The summed E-state index contributed by atoms with van der Waals surface area (Å²) in [7, 11) is 0. The summed E-state index contributed by atoms with van der Waals surface area (Å²) < 4.78 is 5.42. The number of nitrogens with zero attached hydrogens (tertiary/aromatic N) is 3. The summed E-state index contributed by atoms with van der Waals surface area (Å²) in [6.45, 7) is 2.59. The van der Waals surface area contributed by atoms with Crippen molar-refractivity contribution in [2.45, 2.75) is 25.3 Å². The van der Waals surface area contributed by atoms with Crippen LogP contribution in [0.3, 0.4) is 0 Å². The van der Waals surface area contributed by atoms with E-state index in [1.54, 1.807) is 35.2 Å². The molecule has 6 aromatic carbocycles. The molecule has 4 heterocycles. The first-order chi connectivity index (χ1) is 32.1. The molecular formula is C51H46Cl2N6O7. The van der Waals surface area contributed by atoms with Crippen molar-refractivity contribution in [1.29, 1.82) is 0 Å². The van der Waals surface area contributed by atoms with Gasteiger partial charge in [-0.1, -0.05) is 120 Å². The van der Waals surface area contributed by atoms with E-state index in [0.717, 1.165) is 33.4 Å². The summed E-state index contributed by atoms with van der Waals surface area (Å²) >= 11 is 11.9. The van der Waals surface area contributed by atoms with Crippen LogP contribution in [-0.4, -0.2) is 101 Å². The first kappa shape index (κ1) is 45.5. The number of piperazine rings is 2. The topological polar surface area (TPSA) is 161 Å². The maximum absolute atomic E-state index is 13.4. The minimum Gasteiger partial charge on any atom is -0.445 e. The highest BCUT2D eigenvalue weighted by molar-refractivity contribution is 6.31. The number of aliphatic hydroxyl groups excluding tert-OH is 1. The average Bonchev–Trinajstić information content (AvgIpc) is 3.53. The van der Waals surface area contributed by atoms with E-state index in [9.17, 15) is 24.0 Å². The molecule has 10 rings (SSSR count). The van der Waals surface area contributed by atoms with Gasteiger partial charge in [-0.3, -0.25) is 19.2 Å². The molecule has 0 spiro atoms. The van der Waals surface area contributed by atoms with Crippen LogP contribution in [0, 0.1) is 0 Å². The number of ether oxygens (including phenoxy) is 1. The minimum atomic E-state index is -0.795. The van der Waals surface area contributed by atoms with Gasteiger partial charge in [-0.2, -0.15) is 0 Å². The quantitative estimate of drug-likeness (QED) is 0.136. The number of halogens is 2. The van der Waals surface area contributed by atoms with Gasteiger partial charge in [0.25, 0.3) is 11.8 Å². The van der Waals surface area contributed by atoms with Crippen LogP contribution < -0.4 is 16.0 Å². The van der Waals surface area contributed by atoms with E-state index in [1.165, 1.54) is 9.80 Å². The minimum absolute atomic E-state index is 0.0726. The summed E-state index contributed by atoms with van der Waals surface area (Å²) in [6, 6.07) is 43.4. The van der Waals surface area contributed by atoms with E-state index >= 15 is 0 Å². The zero-order valence-electron chi connectivity index (χ0n) is 35.7. The van der Waals surface area contributed by atoms with Gasteiger partial charge < -0.3 is 40.5 Å². The lowest BCUT2D eigenvalue weighted by molar-refractivity contribution is -0.122. The van der Waals surface area contributed by atoms with Crippen LogP contribution >= 0.6 is 23.2 Å². The molecule has 2 saturated heterocycles. The molecule has 5 amide bonds. The molecule has 2 atom stereocenters. The first-order valence-corrected chi connectivity index (χ1v) is 22.2. The summed E-state index contributed by atoms with van der Waals surface area (Å²) in [4.78, 5) is 69.0. The van der Waals surface area contributed by atoms with E-state index in [-0.39, 0.29) is 56.5 Å². The van der Waals surface area contributed by atoms with Crippen LogP contribution in [0.1, 0.15) is 31.8 Å². The Morgan fingerprint density at radius 2 is 1.08 bits per heavy atom. The molecule has 0 aromatic heterocycles. The highest BCUT2D eigenvalue weighted by Crippen LogP contribution is 2.32. The molecule has 4 aliphatic heterocycles. The molecule has 4 N–H and O–H groups in total. The molecule has 0 saturated carbocycles. The standard InChI is InChI=1S/C26H22ClN3O4.C18H16ClN3O2.C7H8O/c27-20-9-6-18(7-10-20)19-8-11-22-21(14-19)25(32)30-13-12-29(15-23(30)24(31)28-22)26(33)34-16-17-4-2-1-3-5-17;19-13-4-1-11(2-5-13)12-3-6-15-14(9-12)18(24)22-8-7-20-10-16(22)17(23)21-15;8-6-7-4-2-1-3-5-7/h1-11,14,23H,12-13,15-16H2,(H,28,31);1-6,9,16,20H,7-8,10H2,(H,21,23);1-5,8H,6H2. The molecule has 4 aliphatic rings. The van der Waals surface area contributed by atoms with Crippen molar-refractivity contribution in [3.05, 3.63) is 178 Å². The summed E-state index contributed by atoms with van der Waals surface area (Å²) in [6.07, 6.45) is -0.504. The molecule has 15 heteroatoms. The highest BCUT2D eigenvalue weighted by Gasteiger charge is 2.41. The van der Waals surface area contributed by atoms with Crippen LogP contribution in [0.15, 0.2) is 146 Å². The van der Waals surface area contributed by atoms with Gasteiger partial charge in [0.15, 0.2) is 0 Å². The number of carbonyl (C=O) groups is 5. The van der Waals surface area contributed by atoms with Crippen LogP contribution in [0.25, 0.3) is 22.3 Å². The monoisotopic (exact) mass is 924 g/mol. The van der Waals surface area contributed by atoms with Crippen molar-refractivity contribution in [2.75, 3.05) is 49.9 Å². The van der Waals surface area contributed by atoms with E-state index in [0.29, 0.717) is 52.2 Å². The third-order valence-electron chi connectivity index (χ3n) is 11.6. The molecule has 6 aromatic rings. The predicted octanol–water partition coefficient (Wildman–Crippen LogP) is 7.97. The van der Waals surface area contributed by atoms with Crippen LogP contribution in [0.5, 0.6) is 0 Å². The number of aliphatic hydroxyl groups is 1. The Hall–Kier alpha value is -7.03. The van der Waals surface area contributed by atoms with Gasteiger partial charge in [0.05, 0.1) is 35.7 Å². The van der Waals surface area contributed by atoms with E-state index in [1.807, 2.05) is 115 Å². The molecule has 0 aliphatic carbocycles. The van der Waals surface area contributed by atoms with Crippen LogP contribution in [0.2, 0.25) is 10.0 Å². The lowest BCUT2D eigenvalue weighted by atomic mass is 10.0. The van der Waals surface area contributed by atoms with E-state index in [2.05, 4.69) is 16.0 Å². The number of carbonyl (C=O) groups excluding carboxylic acids is 5. The highest BCUT2D eigenvalue weighted by atomic mass is 35.5. The fourth-order valence-corrected chi connectivity index (χ4v) is 8.29. The molecule has 2 unspecified atom stereocenters. The number of benzene rings is 6. The fourth-order valence-electron chi connectivity index (χ4n) is 8.04. The van der Waals surface area contributed by atoms with Gasteiger partial charge in [0, 0.05) is 42.8 Å². The third kappa shape index (κ3) is 10.6. The van der Waals surface area contributed by atoms with Gasteiger partial charge in [-0.25, -0.2) is 4.79 Å². The van der Waals surface area contributed by atoms with Gasteiger partial charge in [0.2, 0.25) is 11.8 Å². The molecule has 13 nitrogen and oxygen atoms in total. The second-order valence-corrected chi connectivity index (χ2v) is 16.7. The first-order valence-electron chi connectivity index (χ1n) is 21.4. The fraction of sp³-hybridized carbons (Fsp3) is 0.196. The number of hydrogen-bond donors (Lipinski definition) is 4. The Bertz CT molecular complexity index is 2720. The summed E-state index contributed by atoms with van der Waals surface area (Å²) in [5, 5.41) is 18.7. The van der Waals surface area contributed by atoms with Gasteiger partial charge in [-0.15, -0.1) is 0 Å². The smallest absolute Gasteiger partial charge is 0.410 e. The van der Waals surface area contributed by atoms with Gasteiger partial charge in [0.1, 0.15) is 18.7 Å². The van der Waals surface area contributed by atoms with Crippen molar-refractivity contribution in [3.8, 4) is 22.3 Å². The third-order valence-corrected chi connectivity index (χ3v) is 12.1. The van der Waals surface area contributed by atoms with Crippen LogP contribution in [0.4, 0.5) is 16.2 Å². The van der Waals surface area contributed by atoms with Crippen molar-refractivity contribution in [3.63, 3.8) is 0 Å². The molecule has 66 heavy (non-hydrogen) atoms. The molecule has 2 fully saturated rings. The molecule has 0 bridgehead atoms. The zero-order chi connectivity index (χ0) is 46.2. The summed E-state index contributed by atoms with van der Waals surface area (Å²) in [5.41, 5.74) is 7.47. The molecule has 336 valence electrons. The zero-order valence-corrected chi connectivity index (χ0v) is 37.2. The largest absolute Gasteiger partial charge is 0.445 e. The van der Waals surface area contributed by atoms with Gasteiger partial charge >= 0.3 is 6.09 Å². The van der Waals surface area contributed by atoms with E-state index in [4.69, 9.17) is 33.0 Å². The second kappa shape index (κ2) is 20.9. The van der Waals surface area contributed by atoms with Gasteiger partial charge in [-0.05, 0) is 81.9 Å². The predicted molar refractivity (Wildman–Crippen MR) is 254 cm³/mol. The Labute approximate surface area is 391 Å². The Morgan fingerprint density at radius 1 is 0.591 bits per heavy atom. The lowest BCUT2D eigenvalue weighted by Crippen LogP contribution is -2.59. The molecular weight excluding hydrogens is 880 g/mol. The Balaban J connectivity index is 0.000000160. The number of anilines is 2. The SMILES string of the molecule is O=C1Nc2ccc(-c3ccc(Cl)cc3)cc2C(=O)N2CCN(C(=O)OCc3ccccc3)CC12.O=C1Nc2ccc(-c3ccc(Cl)cc3)cc2C(=O)N2CCNCC12.OCc1ccccc1. The average molecular weight is 926 g/mol. The number of nitrogens with one attached hydrogen (secondary N) is 3. The van der Waals surface area contributed by atoms with Crippen molar-refractivity contribution in [1.82, 2.24) is 20.0 Å². The van der Waals surface area contributed by atoms with Crippen molar-refractivity contribution >= 4 is 64.3 Å². The van der Waals surface area contributed by atoms with Crippen molar-refractivity contribution in [2.24, 2.45) is 0 Å². The lowest BCUT2D eigenvalue weighted by Gasteiger charge is -2.38. The van der Waals surface area contributed by atoms with E-state index < -0.39 is 18.2 Å². The number of hydrogen-bond acceptors (Lipinski definition) is 8.